The van der Waals surface area contributed by atoms with Crippen LogP contribution in [-0.4, -0.2) is 14.9 Å². The topological polar surface area (TPSA) is 38.0 Å². The quantitative estimate of drug-likeness (QED) is 0.922. The van der Waals surface area contributed by atoms with Crippen LogP contribution in [0.25, 0.3) is 0 Å². The van der Waals surface area contributed by atoms with Gasteiger partial charge in [0.05, 0.1) is 16.3 Å². The van der Waals surface area contributed by atoms with Gasteiger partial charge in [-0.25, -0.2) is 4.39 Å². The molecule has 1 atom stereocenters. The maximum Gasteiger partial charge on any atom is 0.137 e. The summed E-state index contributed by atoms with van der Waals surface area (Å²) < 4.78 is 15.1. The minimum Gasteiger partial charge on any atom is -0.388 e. The third kappa shape index (κ3) is 2.99. The van der Waals surface area contributed by atoms with Gasteiger partial charge in [-0.2, -0.15) is 5.10 Å². The highest BCUT2D eigenvalue weighted by atomic mass is 79.9. The van der Waals surface area contributed by atoms with Crippen LogP contribution in [0.3, 0.4) is 0 Å². The predicted molar refractivity (Wildman–Crippen MR) is 75.7 cm³/mol. The van der Waals surface area contributed by atoms with Crippen LogP contribution in [0.2, 0.25) is 5.15 Å². The molecule has 2 rings (SSSR count). The molecule has 1 aromatic carbocycles. The third-order valence-electron chi connectivity index (χ3n) is 2.94. The zero-order chi connectivity index (χ0) is 14.2. The van der Waals surface area contributed by atoms with E-state index < -0.39 is 6.10 Å². The normalized spacial score (nSPS) is 12.7. The van der Waals surface area contributed by atoms with Gasteiger partial charge in [-0.05, 0) is 40.5 Å². The Kier molecular flexibility index (Phi) is 4.28. The van der Waals surface area contributed by atoms with Gasteiger partial charge in [0.2, 0.25) is 0 Å². The summed E-state index contributed by atoms with van der Waals surface area (Å²) in [5, 5.41) is 14.8. The summed E-state index contributed by atoms with van der Waals surface area (Å²) in [6.07, 6.45) is -0.413. The number of aliphatic hydroxyl groups is 1. The van der Waals surface area contributed by atoms with Gasteiger partial charge in [-0.15, -0.1) is 0 Å². The molecule has 6 heteroatoms. The molecule has 2 aromatic rings. The average Bonchev–Trinajstić information content (AvgIpc) is 2.58. The Labute approximate surface area is 124 Å². The molecule has 0 saturated carbocycles. The number of halogens is 3. The summed E-state index contributed by atoms with van der Waals surface area (Å²) in [4.78, 5) is 0. The van der Waals surface area contributed by atoms with Crippen LogP contribution in [0.15, 0.2) is 22.7 Å². The Morgan fingerprint density at radius 2 is 2.21 bits per heavy atom. The molecule has 0 aliphatic rings. The van der Waals surface area contributed by atoms with E-state index in [0.717, 1.165) is 5.56 Å². The molecule has 1 heterocycles. The minimum atomic E-state index is -0.765. The van der Waals surface area contributed by atoms with Gasteiger partial charge in [0.15, 0.2) is 0 Å². The first-order valence-corrected chi connectivity index (χ1v) is 6.88. The van der Waals surface area contributed by atoms with Crippen molar-refractivity contribution in [2.24, 2.45) is 7.05 Å². The highest BCUT2D eigenvalue weighted by Crippen LogP contribution is 2.29. The van der Waals surface area contributed by atoms with E-state index in [9.17, 15) is 9.50 Å². The number of aryl methyl sites for hydroxylation is 2. The molecule has 102 valence electrons. The van der Waals surface area contributed by atoms with Crippen molar-refractivity contribution in [2.45, 2.75) is 19.4 Å². The van der Waals surface area contributed by atoms with Crippen LogP contribution in [0.5, 0.6) is 0 Å². The van der Waals surface area contributed by atoms with E-state index in [1.807, 2.05) is 0 Å². The second kappa shape index (κ2) is 5.61. The smallest absolute Gasteiger partial charge is 0.137 e. The molecular formula is C13H13BrClFN2O. The standard InChI is InChI=1S/C13H13BrClFN2O/c1-7-12(13(15)18(2)17-7)11(19)6-8-3-4-10(16)9(14)5-8/h3-5,11,19H,6H2,1-2H3. The van der Waals surface area contributed by atoms with Gasteiger partial charge in [0.25, 0.3) is 0 Å². The molecule has 1 unspecified atom stereocenters. The van der Waals surface area contributed by atoms with E-state index in [0.29, 0.717) is 27.3 Å². The highest BCUT2D eigenvalue weighted by Gasteiger charge is 2.20. The molecule has 0 aliphatic heterocycles. The Morgan fingerprint density at radius 3 is 2.74 bits per heavy atom. The van der Waals surface area contributed by atoms with Crippen LogP contribution in [-0.2, 0) is 13.5 Å². The van der Waals surface area contributed by atoms with Gasteiger partial charge < -0.3 is 5.11 Å². The van der Waals surface area contributed by atoms with Gasteiger partial charge in [-0.3, -0.25) is 4.68 Å². The van der Waals surface area contributed by atoms with Crippen molar-refractivity contribution in [3.8, 4) is 0 Å². The molecule has 0 radical (unpaired) electrons. The molecular weight excluding hydrogens is 335 g/mol. The fourth-order valence-electron chi connectivity index (χ4n) is 2.02. The van der Waals surface area contributed by atoms with Gasteiger partial charge in [0, 0.05) is 19.0 Å². The van der Waals surface area contributed by atoms with Crippen LogP contribution in [0.1, 0.15) is 22.9 Å². The first-order valence-electron chi connectivity index (χ1n) is 5.71. The number of benzene rings is 1. The van der Waals surface area contributed by atoms with Crippen LogP contribution < -0.4 is 0 Å². The van der Waals surface area contributed by atoms with Crippen molar-refractivity contribution in [1.29, 1.82) is 0 Å². The summed E-state index contributed by atoms with van der Waals surface area (Å²) >= 11 is 9.23. The number of nitrogens with zero attached hydrogens (tertiary/aromatic N) is 2. The van der Waals surface area contributed by atoms with Crippen LogP contribution >= 0.6 is 27.5 Å². The maximum absolute atomic E-state index is 13.1. The lowest BCUT2D eigenvalue weighted by Crippen LogP contribution is -2.03. The lowest BCUT2D eigenvalue weighted by atomic mass is 10.0. The monoisotopic (exact) mass is 346 g/mol. The Morgan fingerprint density at radius 1 is 1.53 bits per heavy atom. The highest BCUT2D eigenvalue weighted by molar-refractivity contribution is 9.10. The minimum absolute atomic E-state index is 0.325. The lowest BCUT2D eigenvalue weighted by Gasteiger charge is -2.11. The summed E-state index contributed by atoms with van der Waals surface area (Å²) in [7, 11) is 1.72. The summed E-state index contributed by atoms with van der Waals surface area (Å²) in [5.41, 5.74) is 2.13. The number of hydrogen-bond donors (Lipinski definition) is 1. The molecule has 0 saturated heterocycles. The van der Waals surface area contributed by atoms with Crippen LogP contribution in [0, 0.1) is 12.7 Å². The summed E-state index contributed by atoms with van der Waals surface area (Å²) in [6.45, 7) is 1.80. The zero-order valence-electron chi connectivity index (χ0n) is 10.5. The molecule has 0 spiro atoms. The number of rotatable bonds is 3. The Hall–Kier alpha value is -0.910. The molecule has 3 nitrogen and oxygen atoms in total. The van der Waals surface area contributed by atoms with Crippen molar-refractivity contribution >= 4 is 27.5 Å². The van der Waals surface area contributed by atoms with E-state index in [4.69, 9.17) is 11.6 Å². The Bertz CT molecular complexity index is 615. The first-order chi connectivity index (χ1) is 8.90. The number of aliphatic hydroxyl groups excluding tert-OH is 1. The van der Waals surface area contributed by atoms with E-state index >= 15 is 0 Å². The maximum atomic E-state index is 13.1. The first kappa shape index (κ1) is 14.5. The summed E-state index contributed by atoms with van der Waals surface area (Å²) in [6, 6.07) is 4.66. The summed E-state index contributed by atoms with van der Waals surface area (Å²) in [5.74, 6) is -0.325. The van der Waals surface area contributed by atoms with Crippen molar-refractivity contribution < 1.29 is 9.50 Å². The predicted octanol–water partition coefficient (Wildman–Crippen LogP) is 3.56. The van der Waals surface area contributed by atoms with Crippen LogP contribution in [0.4, 0.5) is 4.39 Å². The zero-order valence-corrected chi connectivity index (χ0v) is 12.8. The molecule has 0 bridgehead atoms. The van der Waals surface area contributed by atoms with Crippen molar-refractivity contribution in [3.05, 3.63) is 50.5 Å². The second-order valence-electron chi connectivity index (χ2n) is 4.38. The Balaban J connectivity index is 2.25. The molecule has 19 heavy (non-hydrogen) atoms. The van der Waals surface area contributed by atoms with Gasteiger partial charge in [0.1, 0.15) is 11.0 Å². The lowest BCUT2D eigenvalue weighted by molar-refractivity contribution is 0.177. The number of hydrogen-bond acceptors (Lipinski definition) is 2. The molecule has 0 amide bonds. The molecule has 0 fully saturated rings. The molecule has 0 aliphatic carbocycles. The third-order valence-corrected chi connectivity index (χ3v) is 4.00. The van der Waals surface area contributed by atoms with E-state index in [2.05, 4.69) is 21.0 Å². The SMILES string of the molecule is Cc1nn(C)c(Cl)c1C(O)Cc1ccc(F)c(Br)c1. The second-order valence-corrected chi connectivity index (χ2v) is 5.59. The van der Waals surface area contributed by atoms with Gasteiger partial charge >= 0.3 is 0 Å². The van der Waals surface area contributed by atoms with Gasteiger partial charge in [-0.1, -0.05) is 17.7 Å². The largest absolute Gasteiger partial charge is 0.388 e. The van der Waals surface area contributed by atoms with Crippen molar-refractivity contribution in [2.75, 3.05) is 0 Å². The van der Waals surface area contributed by atoms with Crippen molar-refractivity contribution in [1.82, 2.24) is 9.78 Å². The van der Waals surface area contributed by atoms with E-state index in [1.165, 1.54) is 10.7 Å². The molecule has 1 N–H and O–H groups in total. The average molecular weight is 348 g/mol. The van der Waals surface area contributed by atoms with E-state index in [1.54, 1.807) is 26.1 Å². The number of aromatic nitrogens is 2. The van der Waals surface area contributed by atoms with E-state index in [-0.39, 0.29) is 5.82 Å². The fourth-order valence-corrected chi connectivity index (χ4v) is 2.74. The molecule has 1 aromatic heterocycles. The fraction of sp³-hybridized carbons (Fsp3) is 0.308. The van der Waals surface area contributed by atoms with Crippen molar-refractivity contribution in [3.63, 3.8) is 0 Å².